The van der Waals surface area contributed by atoms with Crippen molar-refractivity contribution in [3.63, 3.8) is 0 Å². The molecule has 1 aromatic carbocycles. The Morgan fingerprint density at radius 1 is 1.04 bits per heavy atom. The highest BCUT2D eigenvalue weighted by molar-refractivity contribution is 5.99. The molecule has 258 valence electrons. The summed E-state index contributed by atoms with van der Waals surface area (Å²) in [6, 6.07) is 3.58. The Balaban J connectivity index is 1.28. The fraction of sp³-hybridized carbons (Fsp3) is 0.531. The molecule has 2 atom stereocenters. The molecule has 2 saturated heterocycles. The standard InChI is InChI=1S/C32H39FN6O9/c1-2-47-32(46)38-15-13-37(14-16-38)31(45)22(9-10-27(41)42)36-29(43)23-17-25(20-7-4-8-21(33)28(20)35-23)48-18-26(40)39-12-11-24(39)30(44)34-19-5-3-6-19/h4,7-8,17,19,22,24H,2-3,5-6,9-16,18H2,1H3,(H,34,44)(H,36,43)(H,41,42). The summed E-state index contributed by atoms with van der Waals surface area (Å²) in [5, 5.41) is 15.0. The Bertz CT molecular complexity index is 1580. The number of piperazine rings is 1. The van der Waals surface area contributed by atoms with E-state index in [9.17, 15) is 38.3 Å². The number of likely N-dealkylation sites (tertiary alicyclic amines) is 1. The minimum Gasteiger partial charge on any atom is -0.483 e. The minimum atomic E-state index is -1.26. The van der Waals surface area contributed by atoms with Gasteiger partial charge in [-0.3, -0.25) is 24.0 Å². The number of halogens is 1. The van der Waals surface area contributed by atoms with E-state index in [1.54, 1.807) is 6.92 Å². The molecule has 2 aromatic rings. The van der Waals surface area contributed by atoms with Crippen molar-refractivity contribution < 1.29 is 47.7 Å². The number of benzene rings is 1. The Morgan fingerprint density at radius 3 is 2.40 bits per heavy atom. The van der Waals surface area contributed by atoms with Crippen LogP contribution >= 0.6 is 0 Å². The summed E-state index contributed by atoms with van der Waals surface area (Å²) in [7, 11) is 0. The molecule has 3 fully saturated rings. The van der Waals surface area contributed by atoms with Gasteiger partial charge in [-0.2, -0.15) is 0 Å². The summed E-state index contributed by atoms with van der Waals surface area (Å²) >= 11 is 0. The third-order valence-corrected chi connectivity index (χ3v) is 8.80. The van der Waals surface area contributed by atoms with Gasteiger partial charge in [-0.15, -0.1) is 0 Å². The van der Waals surface area contributed by atoms with Gasteiger partial charge in [0.25, 0.3) is 11.8 Å². The van der Waals surface area contributed by atoms with Crippen LogP contribution in [-0.4, -0.2) is 125 Å². The zero-order valence-electron chi connectivity index (χ0n) is 26.6. The second kappa shape index (κ2) is 15.3. The molecule has 1 aliphatic carbocycles. The lowest BCUT2D eigenvalue weighted by molar-refractivity contribution is -0.149. The van der Waals surface area contributed by atoms with E-state index < -0.39 is 60.7 Å². The molecule has 5 rings (SSSR count). The molecule has 15 nitrogen and oxygen atoms in total. The zero-order chi connectivity index (χ0) is 34.4. The smallest absolute Gasteiger partial charge is 0.409 e. The van der Waals surface area contributed by atoms with Gasteiger partial charge in [-0.25, -0.2) is 14.2 Å². The molecule has 3 aliphatic rings. The van der Waals surface area contributed by atoms with Gasteiger partial charge < -0.3 is 39.9 Å². The monoisotopic (exact) mass is 670 g/mol. The second-order valence-corrected chi connectivity index (χ2v) is 11.9. The average Bonchev–Trinajstić information content (AvgIpc) is 3.03. The molecule has 1 saturated carbocycles. The summed E-state index contributed by atoms with van der Waals surface area (Å²) < 4.78 is 25.7. The van der Waals surface area contributed by atoms with Gasteiger partial charge in [0.05, 0.1) is 6.61 Å². The van der Waals surface area contributed by atoms with Crippen LogP contribution < -0.4 is 15.4 Å². The normalized spacial score (nSPS) is 18.3. The third kappa shape index (κ3) is 7.91. The summed E-state index contributed by atoms with van der Waals surface area (Å²) in [4.78, 5) is 84.4. The van der Waals surface area contributed by atoms with Crippen LogP contribution in [0.5, 0.6) is 5.75 Å². The van der Waals surface area contributed by atoms with Gasteiger partial charge in [0, 0.05) is 56.6 Å². The van der Waals surface area contributed by atoms with Crippen LogP contribution in [0.25, 0.3) is 10.9 Å². The number of amides is 5. The van der Waals surface area contributed by atoms with Crippen molar-refractivity contribution in [1.82, 2.24) is 30.3 Å². The van der Waals surface area contributed by atoms with Crippen molar-refractivity contribution in [3.05, 3.63) is 35.8 Å². The summed E-state index contributed by atoms with van der Waals surface area (Å²) in [5.74, 6) is -4.05. The molecule has 48 heavy (non-hydrogen) atoms. The predicted octanol–water partition coefficient (Wildman–Crippen LogP) is 1.29. The first-order valence-electron chi connectivity index (χ1n) is 16.1. The lowest BCUT2D eigenvalue weighted by Gasteiger charge is -2.41. The van der Waals surface area contributed by atoms with Gasteiger partial charge in [0.1, 0.15) is 34.9 Å². The topological polar surface area (TPSA) is 188 Å². The number of nitrogens with zero attached hydrogens (tertiary/aromatic N) is 4. The SMILES string of the molecule is CCOC(=O)N1CCN(C(=O)C(CCC(=O)O)NC(=O)c2cc(OCC(=O)N3CCC3C(=O)NC3CCC3)c3cccc(F)c3n2)CC1. The molecule has 1 aromatic heterocycles. The molecule has 0 bridgehead atoms. The van der Waals surface area contributed by atoms with Gasteiger partial charge in [-0.05, 0) is 51.2 Å². The Labute approximate surface area is 275 Å². The number of ether oxygens (including phenoxy) is 2. The number of hydrogen-bond donors (Lipinski definition) is 3. The van der Waals surface area contributed by atoms with Crippen LogP contribution in [0.2, 0.25) is 0 Å². The number of carboxylic acids is 1. The van der Waals surface area contributed by atoms with Gasteiger partial charge in [-0.1, -0.05) is 6.07 Å². The van der Waals surface area contributed by atoms with E-state index in [4.69, 9.17) is 9.47 Å². The Hall–Kier alpha value is -5.02. The van der Waals surface area contributed by atoms with Crippen LogP contribution in [0.1, 0.15) is 55.9 Å². The van der Waals surface area contributed by atoms with E-state index >= 15 is 0 Å². The molecular formula is C32H39FN6O9. The number of carboxylic acid groups (broad SMARTS) is 1. The average molecular weight is 671 g/mol. The molecule has 3 heterocycles. The van der Waals surface area contributed by atoms with Crippen molar-refractivity contribution in [1.29, 1.82) is 0 Å². The highest BCUT2D eigenvalue weighted by Gasteiger charge is 2.39. The molecule has 3 N–H and O–H groups in total. The molecule has 0 spiro atoms. The van der Waals surface area contributed by atoms with Crippen LogP contribution in [-0.2, 0) is 23.9 Å². The van der Waals surface area contributed by atoms with E-state index in [0.717, 1.165) is 25.3 Å². The van der Waals surface area contributed by atoms with Crippen LogP contribution in [0.3, 0.4) is 0 Å². The maximum absolute atomic E-state index is 14.9. The van der Waals surface area contributed by atoms with Crippen molar-refractivity contribution >= 4 is 46.6 Å². The first-order valence-corrected chi connectivity index (χ1v) is 16.1. The highest BCUT2D eigenvalue weighted by Crippen LogP contribution is 2.28. The molecule has 2 aliphatic heterocycles. The number of nitrogens with one attached hydrogen (secondary N) is 2. The lowest BCUT2D eigenvalue weighted by atomic mass is 9.92. The number of carbonyl (C=O) groups excluding carboxylic acids is 5. The van der Waals surface area contributed by atoms with Crippen LogP contribution in [0, 0.1) is 5.82 Å². The summed E-state index contributed by atoms with van der Waals surface area (Å²) in [5.41, 5.74) is -0.533. The molecule has 0 radical (unpaired) electrons. The molecule has 2 unspecified atom stereocenters. The lowest BCUT2D eigenvalue weighted by Crippen LogP contribution is -2.60. The van der Waals surface area contributed by atoms with E-state index in [-0.39, 0.29) is 73.5 Å². The number of aromatic nitrogens is 1. The number of aliphatic carboxylic acids is 1. The third-order valence-electron chi connectivity index (χ3n) is 8.80. The summed E-state index contributed by atoms with van der Waals surface area (Å²) in [6.45, 7) is 2.45. The van der Waals surface area contributed by atoms with Gasteiger partial charge in [0.2, 0.25) is 11.8 Å². The van der Waals surface area contributed by atoms with Crippen molar-refractivity contribution in [2.45, 2.75) is 63.6 Å². The van der Waals surface area contributed by atoms with E-state index in [0.29, 0.717) is 13.0 Å². The minimum absolute atomic E-state index is 0.0162. The summed E-state index contributed by atoms with van der Waals surface area (Å²) in [6.07, 6.45) is 2.26. The fourth-order valence-corrected chi connectivity index (χ4v) is 5.75. The van der Waals surface area contributed by atoms with Gasteiger partial charge in [0.15, 0.2) is 6.61 Å². The number of carbonyl (C=O) groups is 6. The quantitative estimate of drug-likeness (QED) is 0.297. The van der Waals surface area contributed by atoms with E-state index in [1.165, 1.54) is 32.9 Å². The maximum Gasteiger partial charge on any atom is 0.409 e. The first kappa shape index (κ1) is 34.3. The van der Waals surface area contributed by atoms with E-state index in [2.05, 4.69) is 15.6 Å². The first-order chi connectivity index (χ1) is 23.0. The fourth-order valence-electron chi connectivity index (χ4n) is 5.75. The van der Waals surface area contributed by atoms with Gasteiger partial charge >= 0.3 is 12.1 Å². The van der Waals surface area contributed by atoms with Crippen molar-refractivity contribution in [2.75, 3.05) is 45.9 Å². The number of para-hydroxylation sites is 1. The van der Waals surface area contributed by atoms with Crippen molar-refractivity contribution in [2.24, 2.45) is 0 Å². The maximum atomic E-state index is 14.9. The highest BCUT2D eigenvalue weighted by atomic mass is 19.1. The molecular weight excluding hydrogens is 631 g/mol. The largest absolute Gasteiger partial charge is 0.483 e. The molecule has 16 heteroatoms. The predicted molar refractivity (Wildman–Crippen MR) is 166 cm³/mol. The Morgan fingerprint density at radius 2 is 1.77 bits per heavy atom. The Kier molecular flexibility index (Phi) is 10.9. The van der Waals surface area contributed by atoms with Crippen molar-refractivity contribution in [3.8, 4) is 5.75 Å². The number of rotatable bonds is 12. The zero-order valence-corrected chi connectivity index (χ0v) is 26.6. The van der Waals surface area contributed by atoms with Crippen LogP contribution in [0.4, 0.5) is 9.18 Å². The number of hydrogen-bond acceptors (Lipinski definition) is 9. The number of fused-ring (bicyclic) bond motifs is 1. The van der Waals surface area contributed by atoms with Crippen LogP contribution in [0.15, 0.2) is 24.3 Å². The second-order valence-electron chi connectivity index (χ2n) is 11.9. The van der Waals surface area contributed by atoms with E-state index in [1.807, 2.05) is 0 Å². The number of pyridine rings is 1. The molecule has 5 amide bonds.